The lowest BCUT2D eigenvalue weighted by atomic mass is 9.88. The number of carbonyl (C=O) groups excluding carboxylic acids is 2. The molecule has 0 atom stereocenters. The Kier molecular flexibility index (Phi) is 7.20. The van der Waals surface area contributed by atoms with Gasteiger partial charge in [0.15, 0.2) is 0 Å². The summed E-state index contributed by atoms with van der Waals surface area (Å²) in [6, 6.07) is 0. The van der Waals surface area contributed by atoms with Gasteiger partial charge in [0.2, 0.25) is 5.91 Å². The lowest BCUT2D eigenvalue weighted by molar-refractivity contribution is -0.135. The second-order valence-corrected chi connectivity index (χ2v) is 5.61. The molecule has 0 radical (unpaired) electrons. The molecule has 0 aromatic rings. The zero-order valence-corrected chi connectivity index (χ0v) is 13.4. The topological polar surface area (TPSA) is 69.4 Å². The zero-order valence-electron chi connectivity index (χ0n) is 13.4. The van der Waals surface area contributed by atoms with Crippen LogP contribution in [0.2, 0.25) is 0 Å². The van der Waals surface area contributed by atoms with E-state index in [1.807, 2.05) is 19.9 Å². The lowest BCUT2D eigenvalue weighted by Crippen LogP contribution is -2.18. The second-order valence-electron chi connectivity index (χ2n) is 5.61. The molecule has 1 amide bonds. The van der Waals surface area contributed by atoms with Gasteiger partial charge in [-0.2, -0.15) is 0 Å². The van der Waals surface area contributed by atoms with Gasteiger partial charge < -0.3 is 10.5 Å². The molecule has 2 N–H and O–H groups in total. The molecule has 0 aromatic carbocycles. The highest BCUT2D eigenvalue weighted by molar-refractivity contribution is 5.94. The number of hydrogen-bond acceptors (Lipinski definition) is 3. The van der Waals surface area contributed by atoms with E-state index in [-0.39, 0.29) is 5.97 Å². The molecule has 0 spiro atoms. The van der Waals surface area contributed by atoms with Gasteiger partial charge in [0, 0.05) is 12.0 Å². The van der Waals surface area contributed by atoms with Crippen molar-refractivity contribution in [2.75, 3.05) is 0 Å². The van der Waals surface area contributed by atoms with E-state index in [2.05, 4.69) is 0 Å². The summed E-state index contributed by atoms with van der Waals surface area (Å²) in [5.74, 6) is -0.0192. The van der Waals surface area contributed by atoms with Crippen LogP contribution in [0.3, 0.4) is 0 Å². The Morgan fingerprint density at radius 3 is 2.24 bits per heavy atom. The van der Waals surface area contributed by atoms with E-state index < -0.39 is 5.91 Å². The Balaban J connectivity index is 2.77. The van der Waals surface area contributed by atoms with Gasteiger partial charge >= 0.3 is 5.97 Å². The third-order valence-corrected chi connectivity index (χ3v) is 3.98. The number of allylic oxidation sites excluding steroid dienone is 2. The fourth-order valence-corrected chi connectivity index (χ4v) is 2.77. The molecule has 1 fully saturated rings. The largest absolute Gasteiger partial charge is 0.427 e. The van der Waals surface area contributed by atoms with Crippen LogP contribution in [0.15, 0.2) is 23.0 Å². The standard InChI is InChI=1S/C17H27NO3/c1-4-14(16(18)19)15(5-2)21-17(20)12(3)11-13-9-7-6-8-10-13/h11,13H,4-10H2,1-3H3,(H2,18,19)/b12-11+,15-14+. The van der Waals surface area contributed by atoms with Crippen LogP contribution in [0.25, 0.3) is 0 Å². The molecule has 0 heterocycles. The Hall–Kier alpha value is -1.58. The highest BCUT2D eigenvalue weighted by Crippen LogP contribution is 2.26. The third kappa shape index (κ3) is 5.37. The Morgan fingerprint density at radius 2 is 1.76 bits per heavy atom. The Labute approximate surface area is 127 Å². The molecule has 1 saturated carbocycles. The number of carbonyl (C=O) groups is 2. The van der Waals surface area contributed by atoms with Crippen molar-refractivity contribution in [3.63, 3.8) is 0 Å². The van der Waals surface area contributed by atoms with Crippen LogP contribution in [-0.2, 0) is 14.3 Å². The molecule has 1 aliphatic carbocycles. The second kappa shape index (κ2) is 8.65. The van der Waals surface area contributed by atoms with Gasteiger partial charge in [0.25, 0.3) is 0 Å². The first-order valence-corrected chi connectivity index (χ1v) is 7.91. The van der Waals surface area contributed by atoms with Gasteiger partial charge in [0.1, 0.15) is 5.76 Å². The highest BCUT2D eigenvalue weighted by atomic mass is 16.5. The van der Waals surface area contributed by atoms with Crippen molar-refractivity contribution in [1.29, 1.82) is 0 Å². The van der Waals surface area contributed by atoms with Crippen molar-refractivity contribution < 1.29 is 14.3 Å². The van der Waals surface area contributed by atoms with Crippen molar-refractivity contribution in [1.82, 2.24) is 0 Å². The quantitative estimate of drug-likeness (QED) is 0.462. The number of rotatable bonds is 6. The molecule has 1 rings (SSSR count). The van der Waals surface area contributed by atoms with Crippen LogP contribution in [-0.4, -0.2) is 11.9 Å². The molecular formula is C17H27NO3. The van der Waals surface area contributed by atoms with Crippen molar-refractivity contribution in [2.45, 2.75) is 65.7 Å². The minimum absolute atomic E-state index is 0.371. The summed E-state index contributed by atoms with van der Waals surface area (Å²) in [5, 5.41) is 0. The van der Waals surface area contributed by atoms with E-state index in [0.717, 1.165) is 12.8 Å². The van der Waals surface area contributed by atoms with Gasteiger partial charge in [-0.3, -0.25) is 4.79 Å². The zero-order chi connectivity index (χ0) is 15.8. The molecule has 4 nitrogen and oxygen atoms in total. The minimum Gasteiger partial charge on any atom is -0.427 e. The number of nitrogens with two attached hydrogens (primary N) is 1. The molecule has 0 aromatic heterocycles. The maximum atomic E-state index is 12.2. The average molecular weight is 293 g/mol. The van der Waals surface area contributed by atoms with Crippen LogP contribution in [0.4, 0.5) is 0 Å². The molecule has 0 unspecified atom stereocenters. The summed E-state index contributed by atoms with van der Waals surface area (Å²) in [5.41, 5.74) is 6.34. The van der Waals surface area contributed by atoms with Crippen molar-refractivity contribution >= 4 is 11.9 Å². The number of amides is 1. The molecule has 0 saturated heterocycles. The maximum absolute atomic E-state index is 12.2. The average Bonchev–Trinajstić information content (AvgIpc) is 2.47. The summed E-state index contributed by atoms with van der Waals surface area (Å²) < 4.78 is 5.39. The summed E-state index contributed by atoms with van der Waals surface area (Å²) >= 11 is 0. The summed E-state index contributed by atoms with van der Waals surface area (Å²) in [7, 11) is 0. The Bertz CT molecular complexity index is 443. The van der Waals surface area contributed by atoms with E-state index in [0.29, 0.717) is 35.7 Å². The maximum Gasteiger partial charge on any atom is 0.338 e. The van der Waals surface area contributed by atoms with E-state index in [4.69, 9.17) is 10.5 Å². The molecule has 118 valence electrons. The van der Waals surface area contributed by atoms with Crippen LogP contribution >= 0.6 is 0 Å². The first-order chi connectivity index (χ1) is 9.99. The summed E-state index contributed by atoms with van der Waals surface area (Å²) in [6.07, 6.45) is 8.99. The number of primary amides is 1. The fraction of sp³-hybridized carbons (Fsp3) is 0.647. The lowest BCUT2D eigenvalue weighted by Gasteiger charge is -2.19. The smallest absolute Gasteiger partial charge is 0.338 e. The first kappa shape index (κ1) is 17.5. The van der Waals surface area contributed by atoms with Crippen LogP contribution < -0.4 is 5.73 Å². The molecule has 1 aliphatic rings. The third-order valence-electron chi connectivity index (χ3n) is 3.98. The molecule has 4 heteroatoms. The van der Waals surface area contributed by atoms with Crippen LogP contribution in [0.5, 0.6) is 0 Å². The van der Waals surface area contributed by atoms with E-state index in [9.17, 15) is 9.59 Å². The normalized spacial score (nSPS) is 18.1. The molecule has 0 aliphatic heterocycles. The van der Waals surface area contributed by atoms with Crippen molar-refractivity contribution in [2.24, 2.45) is 11.7 Å². The monoisotopic (exact) mass is 293 g/mol. The van der Waals surface area contributed by atoms with Crippen LogP contribution in [0.1, 0.15) is 65.7 Å². The molecular weight excluding hydrogens is 266 g/mol. The van der Waals surface area contributed by atoms with Gasteiger partial charge in [-0.1, -0.05) is 39.2 Å². The summed E-state index contributed by atoms with van der Waals surface area (Å²) in [4.78, 5) is 23.5. The van der Waals surface area contributed by atoms with E-state index in [1.165, 1.54) is 19.3 Å². The first-order valence-electron chi connectivity index (χ1n) is 7.91. The van der Waals surface area contributed by atoms with Gasteiger partial charge in [0.05, 0.1) is 5.57 Å². The molecule has 21 heavy (non-hydrogen) atoms. The Morgan fingerprint density at radius 1 is 1.14 bits per heavy atom. The number of ether oxygens (including phenoxy) is 1. The predicted molar refractivity (Wildman–Crippen MR) is 83.2 cm³/mol. The van der Waals surface area contributed by atoms with E-state index in [1.54, 1.807) is 6.92 Å². The summed E-state index contributed by atoms with van der Waals surface area (Å²) in [6.45, 7) is 5.45. The number of hydrogen-bond donors (Lipinski definition) is 1. The van der Waals surface area contributed by atoms with Crippen molar-refractivity contribution in [3.05, 3.63) is 23.0 Å². The van der Waals surface area contributed by atoms with Gasteiger partial charge in [-0.15, -0.1) is 0 Å². The van der Waals surface area contributed by atoms with E-state index >= 15 is 0 Å². The highest BCUT2D eigenvalue weighted by Gasteiger charge is 2.17. The molecule has 0 bridgehead atoms. The minimum atomic E-state index is -0.518. The van der Waals surface area contributed by atoms with Gasteiger partial charge in [-0.25, -0.2) is 4.79 Å². The van der Waals surface area contributed by atoms with Crippen LogP contribution in [0, 0.1) is 5.92 Å². The SMILES string of the molecule is CC/C(OC(=O)/C(C)=C/C1CCCCC1)=C(/CC)C(N)=O. The van der Waals surface area contributed by atoms with Gasteiger partial charge in [-0.05, 0) is 32.1 Å². The predicted octanol–water partition coefficient (Wildman–Crippen LogP) is 3.62. The number of esters is 1. The van der Waals surface area contributed by atoms with Crippen molar-refractivity contribution in [3.8, 4) is 0 Å². The fourth-order valence-electron chi connectivity index (χ4n) is 2.77.